The van der Waals surface area contributed by atoms with E-state index in [2.05, 4.69) is 16.6 Å². The fourth-order valence-corrected chi connectivity index (χ4v) is 3.47. The molecule has 25 heavy (non-hydrogen) atoms. The number of carboxylic acid groups (broad SMARTS) is 1. The molecule has 0 aromatic rings. The van der Waals surface area contributed by atoms with Gasteiger partial charge in [-0.05, 0) is 44.4 Å². The minimum Gasteiger partial charge on any atom is -0.481 e. The fraction of sp³-hybridized carbons (Fsp3) is 0.722. The molecular weight excluding hydrogens is 324 g/mol. The van der Waals surface area contributed by atoms with Gasteiger partial charge in [0.25, 0.3) is 0 Å². The van der Waals surface area contributed by atoms with Crippen LogP contribution in [-0.2, 0) is 14.3 Å². The highest BCUT2D eigenvalue weighted by Gasteiger charge is 2.47. The van der Waals surface area contributed by atoms with Crippen molar-refractivity contribution in [3.05, 3.63) is 12.2 Å². The summed E-state index contributed by atoms with van der Waals surface area (Å²) in [7, 11) is 0. The van der Waals surface area contributed by atoms with E-state index in [-0.39, 0.29) is 24.5 Å². The fourth-order valence-electron chi connectivity index (χ4n) is 3.47. The number of carbonyl (C=O) groups excluding carboxylic acids is 1. The van der Waals surface area contributed by atoms with Crippen molar-refractivity contribution < 1.29 is 24.2 Å². The highest BCUT2D eigenvalue weighted by atomic mass is 16.6. The Balaban J connectivity index is 1.77. The van der Waals surface area contributed by atoms with E-state index in [1.54, 1.807) is 6.21 Å². The average molecular weight is 352 g/mol. The van der Waals surface area contributed by atoms with Crippen molar-refractivity contribution in [1.82, 2.24) is 5.43 Å². The van der Waals surface area contributed by atoms with Crippen LogP contribution in [0.2, 0.25) is 0 Å². The van der Waals surface area contributed by atoms with E-state index in [1.807, 2.05) is 13.0 Å². The molecule has 2 bridgehead atoms. The first-order valence-corrected chi connectivity index (χ1v) is 9.10. The monoisotopic (exact) mass is 352 g/mol. The van der Waals surface area contributed by atoms with Gasteiger partial charge in [-0.25, -0.2) is 10.2 Å². The number of aliphatic carboxylic acids is 1. The average Bonchev–Trinajstić information content (AvgIpc) is 3.18. The SMILES string of the molecule is CCCOC(=O)NN=C[C@H]1[C@@H](C/C=C\CCCC(=O)O)[C@H]2CC[C@@H]1O2. The van der Waals surface area contributed by atoms with Gasteiger partial charge in [-0.3, -0.25) is 4.79 Å². The second-order valence-electron chi connectivity index (χ2n) is 6.55. The lowest BCUT2D eigenvalue weighted by molar-refractivity contribution is -0.137. The number of carboxylic acids is 1. The molecule has 0 radical (unpaired) electrons. The summed E-state index contributed by atoms with van der Waals surface area (Å²) in [4.78, 5) is 21.9. The largest absolute Gasteiger partial charge is 0.481 e. The number of allylic oxidation sites excluding steroid dienone is 2. The molecule has 7 heteroatoms. The Kier molecular flexibility index (Phi) is 7.91. The Morgan fingerprint density at radius 2 is 2.12 bits per heavy atom. The third-order valence-corrected chi connectivity index (χ3v) is 4.66. The van der Waals surface area contributed by atoms with E-state index in [4.69, 9.17) is 14.6 Å². The normalized spacial score (nSPS) is 28.0. The molecule has 2 fully saturated rings. The van der Waals surface area contributed by atoms with Crippen LogP contribution in [0.25, 0.3) is 0 Å². The first-order chi connectivity index (χ1) is 12.1. The van der Waals surface area contributed by atoms with Gasteiger partial charge in [-0.2, -0.15) is 5.10 Å². The quantitative estimate of drug-likeness (QED) is 0.272. The number of hydrogen-bond acceptors (Lipinski definition) is 5. The van der Waals surface area contributed by atoms with Gasteiger partial charge < -0.3 is 14.6 Å². The van der Waals surface area contributed by atoms with Crippen LogP contribution in [0.15, 0.2) is 17.3 Å². The molecule has 0 aliphatic carbocycles. The van der Waals surface area contributed by atoms with Gasteiger partial charge in [0.15, 0.2) is 0 Å². The number of hydrogen-bond donors (Lipinski definition) is 2. The summed E-state index contributed by atoms with van der Waals surface area (Å²) in [6.07, 6.45) is 11.2. The maximum atomic E-state index is 11.4. The molecule has 2 N–H and O–H groups in total. The minimum absolute atomic E-state index is 0.174. The first kappa shape index (κ1) is 19.4. The number of nitrogens with one attached hydrogen (secondary N) is 1. The highest BCUT2D eigenvalue weighted by molar-refractivity contribution is 5.70. The summed E-state index contributed by atoms with van der Waals surface area (Å²) in [6, 6.07) is 0. The number of ether oxygens (including phenoxy) is 2. The van der Waals surface area contributed by atoms with Gasteiger partial charge in [-0.1, -0.05) is 19.1 Å². The van der Waals surface area contributed by atoms with Crippen molar-refractivity contribution in [2.75, 3.05) is 6.61 Å². The summed E-state index contributed by atoms with van der Waals surface area (Å²) >= 11 is 0. The standard InChI is InChI=1S/C18H28N2O5/c1-2-11-24-18(23)20-19-12-14-13(15-9-10-16(14)25-15)7-5-3-4-6-8-17(21)22/h3,5,12-16H,2,4,6-11H2,1H3,(H,20,23)(H,21,22)/b5-3-,19-12?/t13-,14+,15-,16+/m1/s1. The van der Waals surface area contributed by atoms with E-state index in [0.29, 0.717) is 18.9 Å². The van der Waals surface area contributed by atoms with Crippen molar-refractivity contribution in [1.29, 1.82) is 0 Å². The van der Waals surface area contributed by atoms with Crippen LogP contribution in [0.3, 0.4) is 0 Å². The molecule has 2 aliphatic rings. The first-order valence-electron chi connectivity index (χ1n) is 9.10. The molecule has 0 aromatic heterocycles. The lowest BCUT2D eigenvalue weighted by Crippen LogP contribution is -2.29. The molecule has 0 unspecified atom stereocenters. The summed E-state index contributed by atoms with van der Waals surface area (Å²) in [5.74, 6) is -0.211. The molecule has 0 aromatic carbocycles. The predicted molar refractivity (Wildman–Crippen MR) is 93.4 cm³/mol. The van der Waals surface area contributed by atoms with E-state index < -0.39 is 12.1 Å². The number of nitrogens with zero attached hydrogens (tertiary/aromatic N) is 1. The van der Waals surface area contributed by atoms with E-state index in [0.717, 1.165) is 32.1 Å². The van der Waals surface area contributed by atoms with Crippen LogP contribution in [-0.4, -0.2) is 42.2 Å². The zero-order valence-corrected chi connectivity index (χ0v) is 14.7. The molecule has 2 heterocycles. The van der Waals surface area contributed by atoms with Gasteiger partial charge in [-0.15, -0.1) is 0 Å². The van der Waals surface area contributed by atoms with Crippen LogP contribution in [0.5, 0.6) is 0 Å². The lowest BCUT2D eigenvalue weighted by Gasteiger charge is -2.23. The number of carbonyl (C=O) groups is 2. The predicted octanol–water partition coefficient (Wildman–Crippen LogP) is 3.10. The zero-order chi connectivity index (χ0) is 18.1. The third-order valence-electron chi connectivity index (χ3n) is 4.66. The summed E-state index contributed by atoms with van der Waals surface area (Å²) in [5.41, 5.74) is 2.40. The maximum absolute atomic E-state index is 11.4. The van der Waals surface area contributed by atoms with Gasteiger partial charge in [0, 0.05) is 18.6 Å². The van der Waals surface area contributed by atoms with Crippen LogP contribution < -0.4 is 5.43 Å². The molecule has 2 rings (SSSR count). The van der Waals surface area contributed by atoms with Gasteiger partial charge in [0.1, 0.15) is 0 Å². The zero-order valence-electron chi connectivity index (χ0n) is 14.7. The molecule has 4 atom stereocenters. The van der Waals surface area contributed by atoms with Gasteiger partial charge in [0.05, 0.1) is 18.8 Å². The lowest BCUT2D eigenvalue weighted by atomic mass is 9.78. The van der Waals surface area contributed by atoms with Crippen molar-refractivity contribution in [3.8, 4) is 0 Å². The Morgan fingerprint density at radius 3 is 2.88 bits per heavy atom. The van der Waals surface area contributed by atoms with Crippen LogP contribution in [0, 0.1) is 11.8 Å². The molecular formula is C18H28N2O5. The molecule has 7 nitrogen and oxygen atoms in total. The van der Waals surface area contributed by atoms with Crippen molar-refractivity contribution >= 4 is 18.3 Å². The highest BCUT2D eigenvalue weighted by Crippen LogP contribution is 2.44. The molecule has 140 valence electrons. The second-order valence-corrected chi connectivity index (χ2v) is 6.55. The number of rotatable bonds is 10. The Morgan fingerprint density at radius 1 is 1.32 bits per heavy atom. The van der Waals surface area contributed by atoms with E-state index >= 15 is 0 Å². The second kappa shape index (κ2) is 10.2. The number of amides is 1. The summed E-state index contributed by atoms with van der Waals surface area (Å²) < 4.78 is 10.9. The summed E-state index contributed by atoms with van der Waals surface area (Å²) in [6.45, 7) is 2.32. The Labute approximate surface area is 148 Å². The Bertz CT molecular complexity index is 506. The molecule has 1 amide bonds. The van der Waals surface area contributed by atoms with Crippen LogP contribution in [0.1, 0.15) is 51.9 Å². The van der Waals surface area contributed by atoms with Crippen LogP contribution >= 0.6 is 0 Å². The minimum atomic E-state index is -0.754. The maximum Gasteiger partial charge on any atom is 0.427 e. The topological polar surface area (TPSA) is 97.2 Å². The molecule has 2 aliphatic heterocycles. The third kappa shape index (κ3) is 6.16. The van der Waals surface area contributed by atoms with Gasteiger partial charge in [0.2, 0.25) is 0 Å². The van der Waals surface area contributed by atoms with Crippen LogP contribution in [0.4, 0.5) is 4.79 Å². The number of unbranched alkanes of at least 4 members (excludes halogenated alkanes) is 1. The van der Waals surface area contributed by atoms with Crippen molar-refractivity contribution in [3.63, 3.8) is 0 Å². The number of hydrazone groups is 1. The number of fused-ring (bicyclic) bond motifs is 2. The molecule has 0 spiro atoms. The van der Waals surface area contributed by atoms with Gasteiger partial charge >= 0.3 is 12.1 Å². The van der Waals surface area contributed by atoms with Crippen molar-refractivity contribution in [2.45, 2.75) is 64.1 Å². The molecule has 2 saturated heterocycles. The van der Waals surface area contributed by atoms with E-state index in [9.17, 15) is 9.59 Å². The smallest absolute Gasteiger partial charge is 0.427 e. The van der Waals surface area contributed by atoms with Crippen molar-refractivity contribution in [2.24, 2.45) is 16.9 Å². The molecule has 0 saturated carbocycles. The summed E-state index contributed by atoms with van der Waals surface area (Å²) in [5, 5.41) is 12.7. The Hall–Kier alpha value is -1.89. The van der Waals surface area contributed by atoms with E-state index in [1.165, 1.54) is 0 Å².